The zero-order valence-corrected chi connectivity index (χ0v) is 17.8. The SMILES string of the molecule is COc1ccccc1N1CCN(CCn2c(=O)[nH]c3cc(-c4ccco4)[nH]c3c2=O)CC1. The van der Waals surface area contributed by atoms with Gasteiger partial charge in [-0.25, -0.2) is 4.79 Å². The van der Waals surface area contributed by atoms with E-state index >= 15 is 0 Å². The van der Waals surface area contributed by atoms with Crippen molar-refractivity contribution in [1.29, 1.82) is 0 Å². The van der Waals surface area contributed by atoms with Crippen LogP contribution in [-0.4, -0.2) is 59.3 Å². The summed E-state index contributed by atoms with van der Waals surface area (Å²) in [6.45, 7) is 4.35. The number of para-hydroxylation sites is 2. The summed E-state index contributed by atoms with van der Waals surface area (Å²) in [5.74, 6) is 1.48. The minimum absolute atomic E-state index is 0.325. The predicted octanol–water partition coefficient (Wildman–Crippen LogP) is 2.11. The second-order valence-corrected chi connectivity index (χ2v) is 7.84. The highest BCUT2D eigenvalue weighted by atomic mass is 16.5. The first kappa shape index (κ1) is 20.2. The second kappa shape index (κ2) is 8.43. The van der Waals surface area contributed by atoms with Gasteiger partial charge in [0.05, 0.1) is 30.3 Å². The summed E-state index contributed by atoms with van der Waals surface area (Å²) < 4.78 is 12.1. The van der Waals surface area contributed by atoms with Crippen LogP contribution < -0.4 is 20.9 Å². The van der Waals surface area contributed by atoms with Gasteiger partial charge in [-0.15, -0.1) is 0 Å². The number of furan rings is 1. The third-order valence-corrected chi connectivity index (χ3v) is 5.99. The van der Waals surface area contributed by atoms with E-state index in [1.54, 1.807) is 31.6 Å². The van der Waals surface area contributed by atoms with Crippen LogP contribution in [0, 0.1) is 0 Å². The molecule has 1 saturated heterocycles. The molecule has 5 rings (SSSR count). The van der Waals surface area contributed by atoms with Crippen molar-refractivity contribution in [2.24, 2.45) is 0 Å². The largest absolute Gasteiger partial charge is 0.495 e. The molecule has 9 heteroatoms. The highest BCUT2D eigenvalue weighted by molar-refractivity contribution is 5.80. The minimum Gasteiger partial charge on any atom is -0.495 e. The Morgan fingerprint density at radius 2 is 1.81 bits per heavy atom. The maximum absolute atomic E-state index is 13.0. The van der Waals surface area contributed by atoms with E-state index in [2.05, 4.69) is 25.8 Å². The topological polar surface area (TPSA) is 99.5 Å². The van der Waals surface area contributed by atoms with Crippen LogP contribution in [0.4, 0.5) is 5.69 Å². The number of aromatic nitrogens is 3. The third-order valence-electron chi connectivity index (χ3n) is 5.99. The second-order valence-electron chi connectivity index (χ2n) is 7.84. The van der Waals surface area contributed by atoms with Gasteiger partial charge in [-0.2, -0.15) is 0 Å². The number of hydrogen-bond donors (Lipinski definition) is 2. The quantitative estimate of drug-likeness (QED) is 0.481. The van der Waals surface area contributed by atoms with Crippen LogP contribution in [0.5, 0.6) is 5.75 Å². The first-order valence-electron chi connectivity index (χ1n) is 10.6. The molecule has 3 aromatic heterocycles. The van der Waals surface area contributed by atoms with Crippen LogP contribution in [0.15, 0.2) is 62.7 Å². The molecule has 0 radical (unpaired) electrons. The normalized spacial score (nSPS) is 14.8. The van der Waals surface area contributed by atoms with E-state index in [0.29, 0.717) is 35.6 Å². The molecule has 0 atom stereocenters. The van der Waals surface area contributed by atoms with Gasteiger partial charge in [-0.3, -0.25) is 14.3 Å². The summed E-state index contributed by atoms with van der Waals surface area (Å²) in [5.41, 5.74) is 1.87. The number of nitrogens with one attached hydrogen (secondary N) is 2. The molecular formula is C23H25N5O4. The first-order chi connectivity index (χ1) is 15.6. The molecule has 1 aliphatic heterocycles. The number of hydrogen-bond acceptors (Lipinski definition) is 6. The number of benzene rings is 1. The Labute approximate surface area is 183 Å². The van der Waals surface area contributed by atoms with Crippen molar-refractivity contribution < 1.29 is 9.15 Å². The maximum atomic E-state index is 13.0. The van der Waals surface area contributed by atoms with E-state index in [-0.39, 0.29) is 5.56 Å². The van der Waals surface area contributed by atoms with Crippen molar-refractivity contribution in [3.05, 3.63) is 69.6 Å². The van der Waals surface area contributed by atoms with Gasteiger partial charge in [0.25, 0.3) is 5.56 Å². The number of H-pyrrole nitrogens is 2. The summed E-state index contributed by atoms with van der Waals surface area (Å²) in [6, 6.07) is 13.3. The van der Waals surface area contributed by atoms with Gasteiger partial charge in [0.15, 0.2) is 0 Å². The molecule has 2 N–H and O–H groups in total. The summed E-state index contributed by atoms with van der Waals surface area (Å²) in [5, 5.41) is 0. The smallest absolute Gasteiger partial charge is 0.328 e. The van der Waals surface area contributed by atoms with Gasteiger partial charge < -0.3 is 24.0 Å². The molecule has 0 unspecified atom stereocenters. The van der Waals surface area contributed by atoms with Crippen molar-refractivity contribution in [1.82, 2.24) is 19.4 Å². The highest BCUT2D eigenvalue weighted by Gasteiger charge is 2.20. The molecule has 4 aromatic rings. The van der Waals surface area contributed by atoms with Crippen LogP contribution in [0.25, 0.3) is 22.5 Å². The lowest BCUT2D eigenvalue weighted by Gasteiger charge is -2.36. The Kier molecular flexibility index (Phi) is 5.32. The van der Waals surface area contributed by atoms with Crippen LogP contribution >= 0.6 is 0 Å². The van der Waals surface area contributed by atoms with E-state index in [0.717, 1.165) is 37.6 Å². The van der Waals surface area contributed by atoms with Gasteiger partial charge in [0.1, 0.15) is 17.0 Å². The van der Waals surface area contributed by atoms with Crippen LogP contribution in [0.1, 0.15) is 0 Å². The Morgan fingerprint density at radius 3 is 2.56 bits per heavy atom. The number of anilines is 1. The summed E-state index contributed by atoms with van der Waals surface area (Å²) >= 11 is 0. The molecule has 1 aromatic carbocycles. The van der Waals surface area contributed by atoms with E-state index in [4.69, 9.17) is 9.15 Å². The number of piperazine rings is 1. The number of nitrogens with zero attached hydrogens (tertiary/aromatic N) is 3. The summed E-state index contributed by atoms with van der Waals surface area (Å²) in [4.78, 5) is 36.0. The van der Waals surface area contributed by atoms with E-state index < -0.39 is 5.69 Å². The standard InChI is InChI=1S/C23H25N5O4/c1-31-20-6-3-2-5-18(20)27-11-8-26(9-12-27)10-13-28-22(29)21-17(25-23(28)30)15-16(24-21)19-7-4-14-32-19/h2-7,14-15,24H,8-13H2,1H3,(H,25,30). The van der Waals surface area contributed by atoms with Crippen LogP contribution in [0.2, 0.25) is 0 Å². The van der Waals surface area contributed by atoms with E-state index in [1.807, 2.05) is 18.2 Å². The van der Waals surface area contributed by atoms with Gasteiger partial charge in [-0.05, 0) is 30.3 Å². The number of rotatable bonds is 6. The van der Waals surface area contributed by atoms with Crippen molar-refractivity contribution in [3.8, 4) is 17.2 Å². The average Bonchev–Trinajstić information content (AvgIpc) is 3.49. The fourth-order valence-electron chi connectivity index (χ4n) is 4.24. The first-order valence-corrected chi connectivity index (χ1v) is 10.6. The van der Waals surface area contributed by atoms with Gasteiger partial charge in [0.2, 0.25) is 0 Å². The number of ether oxygens (including phenoxy) is 1. The molecule has 0 aliphatic carbocycles. The van der Waals surface area contributed by atoms with E-state index in [1.165, 1.54) is 4.57 Å². The molecule has 166 valence electrons. The minimum atomic E-state index is -0.403. The monoisotopic (exact) mass is 435 g/mol. The lowest BCUT2D eigenvalue weighted by atomic mass is 10.2. The molecule has 0 amide bonds. The van der Waals surface area contributed by atoms with Crippen molar-refractivity contribution in [2.45, 2.75) is 6.54 Å². The number of fused-ring (bicyclic) bond motifs is 1. The van der Waals surface area contributed by atoms with Gasteiger partial charge in [0, 0.05) is 39.3 Å². The molecule has 0 spiro atoms. The molecule has 0 saturated carbocycles. The van der Waals surface area contributed by atoms with Crippen molar-refractivity contribution >= 4 is 16.7 Å². The highest BCUT2D eigenvalue weighted by Crippen LogP contribution is 2.28. The molecular weight excluding hydrogens is 410 g/mol. The molecule has 1 aliphatic rings. The van der Waals surface area contributed by atoms with Gasteiger partial charge >= 0.3 is 5.69 Å². The Bertz CT molecular complexity index is 1330. The fourth-order valence-corrected chi connectivity index (χ4v) is 4.24. The number of aromatic amines is 2. The maximum Gasteiger partial charge on any atom is 0.328 e. The third kappa shape index (κ3) is 3.71. The van der Waals surface area contributed by atoms with E-state index in [9.17, 15) is 9.59 Å². The fraction of sp³-hybridized carbons (Fsp3) is 0.304. The summed E-state index contributed by atoms with van der Waals surface area (Å²) in [6.07, 6.45) is 1.56. The zero-order valence-electron chi connectivity index (χ0n) is 17.8. The van der Waals surface area contributed by atoms with Crippen LogP contribution in [-0.2, 0) is 6.54 Å². The Morgan fingerprint density at radius 1 is 1.00 bits per heavy atom. The molecule has 0 bridgehead atoms. The summed E-state index contributed by atoms with van der Waals surface area (Å²) in [7, 11) is 1.68. The predicted molar refractivity (Wildman–Crippen MR) is 123 cm³/mol. The lowest BCUT2D eigenvalue weighted by Crippen LogP contribution is -2.48. The molecule has 9 nitrogen and oxygen atoms in total. The lowest BCUT2D eigenvalue weighted by molar-refractivity contribution is 0.245. The molecule has 1 fully saturated rings. The van der Waals surface area contributed by atoms with Crippen LogP contribution in [0.3, 0.4) is 0 Å². The number of methoxy groups -OCH3 is 1. The Balaban J connectivity index is 1.28. The van der Waals surface area contributed by atoms with Crippen molar-refractivity contribution in [3.63, 3.8) is 0 Å². The molecule has 32 heavy (non-hydrogen) atoms. The van der Waals surface area contributed by atoms with Gasteiger partial charge in [-0.1, -0.05) is 12.1 Å². The Hall–Kier alpha value is -3.72. The molecule has 4 heterocycles. The average molecular weight is 435 g/mol. The zero-order chi connectivity index (χ0) is 22.1. The van der Waals surface area contributed by atoms with Crippen molar-refractivity contribution in [2.75, 3.05) is 44.7 Å².